The average molecular weight is 455 g/mol. The molecule has 3 rings (SSSR count). The van der Waals surface area contributed by atoms with Crippen LogP contribution in [0.2, 0.25) is 0 Å². The third kappa shape index (κ3) is 5.41. The van der Waals surface area contributed by atoms with Crippen LogP contribution in [0.25, 0.3) is 16.8 Å². The maximum absolute atomic E-state index is 14.5. The second-order valence-electron chi connectivity index (χ2n) is 8.38. The Labute approximate surface area is 181 Å². The van der Waals surface area contributed by atoms with E-state index in [-0.39, 0.29) is 34.6 Å². The molecule has 0 fully saturated rings. The van der Waals surface area contributed by atoms with Crippen molar-refractivity contribution in [2.24, 2.45) is 5.92 Å². The minimum atomic E-state index is -4.55. The van der Waals surface area contributed by atoms with Crippen molar-refractivity contribution in [2.75, 3.05) is 5.32 Å². The molecule has 0 saturated carbocycles. The summed E-state index contributed by atoms with van der Waals surface area (Å²) in [4.78, 5) is 20.4. The lowest BCUT2D eigenvalue weighted by molar-refractivity contribution is -0.160. The lowest BCUT2D eigenvalue weighted by Crippen LogP contribution is -2.29. The van der Waals surface area contributed by atoms with Crippen molar-refractivity contribution in [3.8, 4) is 11.3 Å². The number of rotatable bonds is 3. The second kappa shape index (κ2) is 8.84. The van der Waals surface area contributed by atoms with Crippen LogP contribution in [0.5, 0.6) is 0 Å². The highest BCUT2D eigenvalue weighted by molar-refractivity contribution is 5.95. The molecule has 172 valence electrons. The summed E-state index contributed by atoms with van der Waals surface area (Å²) in [6.45, 7) is 4.81. The van der Waals surface area contributed by atoms with Crippen LogP contribution in [0.4, 0.5) is 32.4 Å². The van der Waals surface area contributed by atoms with Crippen molar-refractivity contribution in [1.82, 2.24) is 9.97 Å². The number of halogens is 5. The zero-order valence-corrected chi connectivity index (χ0v) is 17.7. The van der Waals surface area contributed by atoms with Gasteiger partial charge in [-0.05, 0) is 63.8 Å². The molecule has 0 spiro atoms. The third-order valence-corrected chi connectivity index (χ3v) is 4.76. The molecule has 1 aliphatic carbocycles. The van der Waals surface area contributed by atoms with Crippen molar-refractivity contribution < 1.29 is 31.5 Å². The molecule has 0 radical (unpaired) electrons. The minimum Gasteiger partial charge on any atom is -0.444 e. The van der Waals surface area contributed by atoms with Gasteiger partial charge in [0.05, 0.1) is 17.3 Å². The molecule has 0 aliphatic heterocycles. The first-order chi connectivity index (χ1) is 14.9. The van der Waals surface area contributed by atoms with Gasteiger partial charge >= 0.3 is 12.3 Å². The Hall–Kier alpha value is -3.04. The lowest BCUT2D eigenvalue weighted by atomic mass is 9.84. The van der Waals surface area contributed by atoms with Crippen LogP contribution in [0.15, 0.2) is 30.6 Å². The standard InChI is InChI=1S/C22H22F5N3O2/c1-21(2,3)32-20(31)30-19-17(13-6-4-5-7-15(13)22(25,26)27)28-11-29-18(19)14-10-12(23)8-9-16(14)24/h6,8-11,15H,4-5,7H2,1-3H3,(H,30,31). The lowest BCUT2D eigenvalue weighted by Gasteiger charge is -2.28. The number of nitrogens with zero attached hydrogens (tertiary/aromatic N) is 2. The Morgan fingerprint density at radius 1 is 1.12 bits per heavy atom. The largest absolute Gasteiger partial charge is 0.444 e. The van der Waals surface area contributed by atoms with E-state index < -0.39 is 35.4 Å². The Bertz CT molecular complexity index is 1040. The van der Waals surface area contributed by atoms with E-state index >= 15 is 0 Å². The van der Waals surface area contributed by atoms with Crippen molar-refractivity contribution in [1.29, 1.82) is 0 Å². The molecule has 32 heavy (non-hydrogen) atoms. The first-order valence-electron chi connectivity index (χ1n) is 9.94. The van der Waals surface area contributed by atoms with Crippen LogP contribution in [-0.2, 0) is 4.74 Å². The molecule has 1 unspecified atom stereocenters. The van der Waals surface area contributed by atoms with E-state index in [4.69, 9.17) is 4.74 Å². The molecule has 1 aromatic heterocycles. The quantitative estimate of drug-likeness (QED) is 0.536. The summed E-state index contributed by atoms with van der Waals surface area (Å²) in [5.41, 5.74) is -2.16. The minimum absolute atomic E-state index is 0.157. The monoisotopic (exact) mass is 455 g/mol. The molecule has 5 nitrogen and oxygen atoms in total. The van der Waals surface area contributed by atoms with E-state index in [1.54, 1.807) is 20.8 Å². The number of aromatic nitrogens is 2. The molecule has 1 atom stereocenters. The molecular weight excluding hydrogens is 433 g/mol. The zero-order chi connectivity index (χ0) is 23.7. The van der Waals surface area contributed by atoms with E-state index in [0.717, 1.165) is 24.5 Å². The van der Waals surface area contributed by atoms with Crippen LogP contribution >= 0.6 is 0 Å². The van der Waals surface area contributed by atoms with Gasteiger partial charge in [0.15, 0.2) is 0 Å². The predicted molar refractivity (Wildman–Crippen MR) is 109 cm³/mol. The smallest absolute Gasteiger partial charge is 0.412 e. The molecule has 1 amide bonds. The highest BCUT2D eigenvalue weighted by Crippen LogP contribution is 2.45. The van der Waals surface area contributed by atoms with Gasteiger partial charge in [0.1, 0.15) is 29.3 Å². The summed E-state index contributed by atoms with van der Waals surface area (Å²) in [5.74, 6) is -3.47. The van der Waals surface area contributed by atoms with Gasteiger partial charge in [-0.15, -0.1) is 0 Å². The highest BCUT2D eigenvalue weighted by Gasteiger charge is 2.44. The summed E-state index contributed by atoms with van der Waals surface area (Å²) in [6.07, 6.45) is -2.64. The predicted octanol–water partition coefficient (Wildman–Crippen LogP) is 6.51. The van der Waals surface area contributed by atoms with E-state index in [1.807, 2.05) is 0 Å². The molecule has 2 aromatic rings. The van der Waals surface area contributed by atoms with Gasteiger partial charge < -0.3 is 4.74 Å². The van der Waals surface area contributed by atoms with Crippen molar-refractivity contribution in [3.63, 3.8) is 0 Å². The van der Waals surface area contributed by atoms with Crippen LogP contribution in [-0.4, -0.2) is 27.8 Å². The number of anilines is 1. The van der Waals surface area contributed by atoms with E-state index in [9.17, 15) is 26.7 Å². The van der Waals surface area contributed by atoms with Gasteiger partial charge in [0, 0.05) is 5.56 Å². The fourth-order valence-corrected chi connectivity index (χ4v) is 3.49. The summed E-state index contributed by atoms with van der Waals surface area (Å²) in [5, 5.41) is 2.37. The Kier molecular flexibility index (Phi) is 6.52. The maximum atomic E-state index is 14.5. The van der Waals surface area contributed by atoms with Crippen LogP contribution in [0, 0.1) is 17.6 Å². The number of hydrogen-bond donors (Lipinski definition) is 1. The fourth-order valence-electron chi connectivity index (χ4n) is 3.49. The van der Waals surface area contributed by atoms with Crippen LogP contribution < -0.4 is 5.32 Å². The first-order valence-corrected chi connectivity index (χ1v) is 9.94. The van der Waals surface area contributed by atoms with Crippen molar-refractivity contribution in [3.05, 3.63) is 47.9 Å². The SMILES string of the molecule is CC(C)(C)OC(=O)Nc1c(C2=CCCCC2C(F)(F)F)ncnc1-c1cc(F)ccc1F. The molecule has 1 heterocycles. The number of amides is 1. The number of benzene rings is 1. The molecule has 10 heteroatoms. The maximum Gasteiger partial charge on any atom is 0.412 e. The number of carbonyl (C=O) groups excluding carboxylic acids is 1. The van der Waals surface area contributed by atoms with Crippen molar-refractivity contribution >= 4 is 17.4 Å². The number of alkyl halides is 3. The topological polar surface area (TPSA) is 64.1 Å². The molecular formula is C22H22F5N3O2. The molecule has 1 aromatic carbocycles. The fraction of sp³-hybridized carbons (Fsp3) is 0.409. The second-order valence-corrected chi connectivity index (χ2v) is 8.38. The molecule has 0 bridgehead atoms. The number of hydrogen-bond acceptors (Lipinski definition) is 4. The number of carbonyl (C=O) groups is 1. The number of nitrogens with one attached hydrogen (secondary N) is 1. The number of ether oxygens (including phenoxy) is 1. The van der Waals surface area contributed by atoms with E-state index in [1.165, 1.54) is 6.08 Å². The first kappa shape index (κ1) is 23.6. The van der Waals surface area contributed by atoms with Gasteiger partial charge in [-0.1, -0.05) is 6.08 Å². The Balaban J connectivity index is 2.20. The van der Waals surface area contributed by atoms with Gasteiger partial charge in [-0.25, -0.2) is 23.5 Å². The normalized spacial score (nSPS) is 17.0. The van der Waals surface area contributed by atoms with Gasteiger partial charge in [0.25, 0.3) is 0 Å². The Morgan fingerprint density at radius 2 is 1.81 bits per heavy atom. The average Bonchev–Trinajstić information content (AvgIpc) is 2.68. The van der Waals surface area contributed by atoms with Gasteiger partial charge in [0.2, 0.25) is 0 Å². The summed E-state index contributed by atoms with van der Waals surface area (Å²) in [6, 6.07) is 2.60. The van der Waals surface area contributed by atoms with E-state index in [2.05, 4.69) is 15.3 Å². The van der Waals surface area contributed by atoms with Crippen molar-refractivity contribution in [2.45, 2.75) is 51.8 Å². The third-order valence-electron chi connectivity index (χ3n) is 4.76. The van der Waals surface area contributed by atoms with Gasteiger partial charge in [-0.2, -0.15) is 13.2 Å². The van der Waals surface area contributed by atoms with Crippen LogP contribution in [0.1, 0.15) is 45.7 Å². The summed E-state index contributed by atoms with van der Waals surface area (Å²) >= 11 is 0. The molecule has 1 aliphatic rings. The van der Waals surface area contributed by atoms with Gasteiger partial charge in [-0.3, -0.25) is 5.32 Å². The Morgan fingerprint density at radius 3 is 2.47 bits per heavy atom. The summed E-state index contributed by atoms with van der Waals surface area (Å²) in [7, 11) is 0. The zero-order valence-electron chi connectivity index (χ0n) is 17.7. The molecule has 1 N–H and O–H groups in total. The highest BCUT2D eigenvalue weighted by atomic mass is 19.4. The number of allylic oxidation sites excluding steroid dienone is 2. The summed E-state index contributed by atoms with van der Waals surface area (Å²) < 4.78 is 74.8. The van der Waals surface area contributed by atoms with E-state index in [0.29, 0.717) is 12.8 Å². The molecule has 0 saturated heterocycles. The van der Waals surface area contributed by atoms with Crippen LogP contribution in [0.3, 0.4) is 0 Å².